The number of ether oxygens (including phenoxy) is 1. The number of benzene rings is 4. The molecule has 4 aromatic rings. The molecule has 10 nitrogen and oxygen atoms in total. The van der Waals surface area contributed by atoms with Crippen LogP contribution < -0.4 is 16.4 Å². The van der Waals surface area contributed by atoms with E-state index in [1.165, 1.54) is 4.90 Å². The first-order valence-electron chi connectivity index (χ1n) is 15.2. The first-order valence-corrected chi connectivity index (χ1v) is 15.2. The summed E-state index contributed by atoms with van der Waals surface area (Å²) in [6.07, 6.45) is 0.121. The summed E-state index contributed by atoms with van der Waals surface area (Å²) < 4.78 is 4.81. The van der Waals surface area contributed by atoms with Crippen molar-refractivity contribution in [1.82, 2.24) is 15.5 Å². The predicted molar refractivity (Wildman–Crippen MR) is 176 cm³/mol. The van der Waals surface area contributed by atoms with Crippen LogP contribution in [0.4, 0.5) is 4.79 Å². The second-order valence-electron chi connectivity index (χ2n) is 10.8. The van der Waals surface area contributed by atoms with E-state index < -0.39 is 29.9 Å². The lowest BCUT2D eigenvalue weighted by atomic mass is 9.88. The van der Waals surface area contributed by atoms with Crippen molar-refractivity contribution in [2.75, 3.05) is 13.2 Å². The zero-order valence-corrected chi connectivity index (χ0v) is 26.1. The summed E-state index contributed by atoms with van der Waals surface area (Å²) in [6, 6.07) is 33.5. The molecule has 0 aromatic heterocycles. The van der Waals surface area contributed by atoms with Crippen LogP contribution >= 0.6 is 0 Å². The van der Waals surface area contributed by atoms with E-state index in [9.17, 15) is 24.4 Å². The monoisotopic (exact) mass is 631 g/mol. The topological polar surface area (TPSA) is 155 Å². The Balaban J connectivity index is 1.62. The fraction of sp³-hybridized carbons (Fsp3) is 0.216. The highest BCUT2D eigenvalue weighted by atomic mass is 16.5. The third-order valence-electron chi connectivity index (χ3n) is 7.51. The number of urea groups is 1. The van der Waals surface area contributed by atoms with Crippen LogP contribution in [0.3, 0.4) is 0 Å². The number of carbonyl (C=O) groups is 4. The van der Waals surface area contributed by atoms with Gasteiger partial charge >= 0.3 is 12.0 Å². The highest BCUT2D eigenvalue weighted by molar-refractivity contribution is 5.92. The van der Waals surface area contributed by atoms with E-state index in [4.69, 9.17) is 10.5 Å². The third-order valence-corrected chi connectivity index (χ3v) is 7.51. The molecule has 0 saturated carbocycles. The lowest BCUT2D eigenvalue weighted by Gasteiger charge is -2.33. The molecule has 240 valence electrons. The molecule has 0 unspecified atom stereocenters. The number of nitrogens with one attached hydrogen (secondary N) is 2. The molecule has 4 rings (SSSR count). The molecule has 4 aromatic carbocycles. The number of nitrogens with zero attached hydrogens (tertiary/aromatic N) is 2. The van der Waals surface area contributed by atoms with Gasteiger partial charge in [0.2, 0.25) is 11.8 Å². The Bertz CT molecular complexity index is 1670. The van der Waals surface area contributed by atoms with Crippen molar-refractivity contribution in [3.05, 3.63) is 143 Å². The minimum absolute atomic E-state index is 0.0777. The molecule has 0 radical (unpaired) electrons. The summed E-state index contributed by atoms with van der Waals surface area (Å²) in [5, 5.41) is 14.6. The van der Waals surface area contributed by atoms with Crippen LogP contribution in [0.15, 0.2) is 109 Å². The second-order valence-corrected chi connectivity index (χ2v) is 10.8. The van der Waals surface area contributed by atoms with Crippen molar-refractivity contribution in [3.8, 4) is 6.07 Å². The number of hydrogen-bond donors (Lipinski definition) is 3. The Morgan fingerprint density at radius 1 is 0.809 bits per heavy atom. The molecule has 1 atom stereocenters. The van der Waals surface area contributed by atoms with Crippen LogP contribution in [0.1, 0.15) is 46.2 Å². The molecule has 47 heavy (non-hydrogen) atoms. The number of amides is 4. The summed E-state index contributed by atoms with van der Waals surface area (Å²) in [6.45, 7) is 1.95. The predicted octanol–water partition coefficient (Wildman–Crippen LogP) is 4.18. The number of rotatable bonds is 14. The fourth-order valence-corrected chi connectivity index (χ4v) is 5.20. The highest BCUT2D eigenvalue weighted by Crippen LogP contribution is 2.29. The molecule has 0 aliphatic carbocycles. The van der Waals surface area contributed by atoms with Gasteiger partial charge in [-0.05, 0) is 46.9 Å². The van der Waals surface area contributed by atoms with Gasteiger partial charge in [-0.1, -0.05) is 97.1 Å². The van der Waals surface area contributed by atoms with Crippen molar-refractivity contribution in [2.45, 2.75) is 38.4 Å². The molecule has 10 heteroatoms. The van der Waals surface area contributed by atoms with E-state index in [0.717, 1.165) is 22.3 Å². The average Bonchev–Trinajstić information content (AvgIpc) is 3.09. The minimum Gasteiger partial charge on any atom is -0.465 e. The minimum atomic E-state index is -1.02. The highest BCUT2D eigenvalue weighted by Gasteiger charge is 2.34. The third kappa shape index (κ3) is 9.77. The largest absolute Gasteiger partial charge is 0.465 e. The maximum Gasteiger partial charge on any atom is 0.325 e. The molecule has 0 spiro atoms. The van der Waals surface area contributed by atoms with Gasteiger partial charge in [0.15, 0.2) is 0 Å². The Morgan fingerprint density at radius 2 is 1.43 bits per heavy atom. The number of nitrogens with two attached hydrogens (primary N) is 1. The fourth-order valence-electron chi connectivity index (χ4n) is 5.20. The molecule has 4 amide bonds. The lowest BCUT2D eigenvalue weighted by molar-refractivity contribution is -0.141. The van der Waals surface area contributed by atoms with E-state index in [1.54, 1.807) is 31.2 Å². The van der Waals surface area contributed by atoms with Crippen molar-refractivity contribution in [3.63, 3.8) is 0 Å². The van der Waals surface area contributed by atoms with Crippen LogP contribution in [0.25, 0.3) is 0 Å². The van der Waals surface area contributed by atoms with Gasteiger partial charge in [0.1, 0.15) is 12.6 Å². The van der Waals surface area contributed by atoms with E-state index in [-0.39, 0.29) is 38.6 Å². The van der Waals surface area contributed by atoms with Crippen molar-refractivity contribution in [1.29, 1.82) is 5.26 Å². The van der Waals surface area contributed by atoms with E-state index in [0.29, 0.717) is 11.1 Å². The van der Waals surface area contributed by atoms with E-state index in [2.05, 4.69) is 16.7 Å². The molecule has 0 fully saturated rings. The summed E-state index contributed by atoms with van der Waals surface area (Å²) >= 11 is 0. The van der Waals surface area contributed by atoms with Gasteiger partial charge in [0, 0.05) is 19.5 Å². The quantitative estimate of drug-likeness (QED) is 0.178. The van der Waals surface area contributed by atoms with E-state index in [1.807, 2.05) is 84.9 Å². The Labute approximate surface area is 274 Å². The zero-order chi connectivity index (χ0) is 33.6. The number of nitriles is 1. The molecular formula is C37H37N5O5. The number of carbonyl (C=O) groups excluding carboxylic acids is 4. The zero-order valence-electron chi connectivity index (χ0n) is 26.1. The molecule has 0 saturated heterocycles. The van der Waals surface area contributed by atoms with Crippen molar-refractivity contribution in [2.24, 2.45) is 5.73 Å². The Kier molecular flexibility index (Phi) is 12.2. The lowest BCUT2D eigenvalue weighted by Crippen LogP contribution is -2.50. The summed E-state index contributed by atoms with van der Waals surface area (Å²) in [5.41, 5.74) is 10.2. The SMILES string of the molecule is CCOC(=O)CNC(=O)NCc1ccc(CN(C(=O)C(c2ccccc2)c2ccccc2)[C@H](Cc2cccc(C#N)c2)C(N)=O)cc1. The van der Waals surface area contributed by atoms with Gasteiger partial charge in [0.25, 0.3) is 0 Å². The van der Waals surface area contributed by atoms with Crippen LogP contribution in [0, 0.1) is 11.3 Å². The van der Waals surface area contributed by atoms with Gasteiger partial charge < -0.3 is 26.0 Å². The van der Waals surface area contributed by atoms with Gasteiger partial charge in [-0.2, -0.15) is 5.26 Å². The number of esters is 1. The van der Waals surface area contributed by atoms with Crippen LogP contribution in [0.2, 0.25) is 0 Å². The maximum absolute atomic E-state index is 14.7. The summed E-state index contributed by atoms with van der Waals surface area (Å²) in [7, 11) is 0. The van der Waals surface area contributed by atoms with Crippen LogP contribution in [-0.2, 0) is 38.6 Å². The van der Waals surface area contributed by atoms with Crippen LogP contribution in [0.5, 0.6) is 0 Å². The van der Waals surface area contributed by atoms with E-state index >= 15 is 0 Å². The summed E-state index contributed by atoms with van der Waals surface area (Å²) in [4.78, 5) is 52.9. The Morgan fingerprint density at radius 3 is 2.00 bits per heavy atom. The van der Waals surface area contributed by atoms with Gasteiger partial charge in [-0.3, -0.25) is 14.4 Å². The first kappa shape index (κ1) is 33.9. The van der Waals surface area contributed by atoms with Crippen molar-refractivity contribution < 1.29 is 23.9 Å². The number of hydrogen-bond acceptors (Lipinski definition) is 6. The molecule has 0 bridgehead atoms. The smallest absolute Gasteiger partial charge is 0.325 e. The maximum atomic E-state index is 14.7. The standard InChI is InChI=1S/C37H37N5O5/c1-2-47-33(43)24-41-37(46)40-23-26-16-18-27(19-17-26)25-42(32(35(39)44)21-28-10-9-11-29(20-28)22-38)36(45)34(30-12-5-3-6-13-30)31-14-7-4-8-15-31/h3-20,32,34H,2,21,23-25H2,1H3,(H2,39,44)(H2,40,41,46)/t32-/m1/s1. The van der Waals surface area contributed by atoms with Gasteiger partial charge in [-0.25, -0.2) is 4.79 Å². The first-order chi connectivity index (χ1) is 22.8. The molecule has 0 aliphatic rings. The van der Waals surface area contributed by atoms with Crippen LogP contribution in [-0.4, -0.2) is 47.9 Å². The molecule has 0 aliphatic heterocycles. The van der Waals surface area contributed by atoms with Crippen molar-refractivity contribution >= 4 is 23.8 Å². The molecule has 0 heterocycles. The second kappa shape index (κ2) is 16.9. The molecule has 4 N–H and O–H groups in total. The van der Waals surface area contributed by atoms with Gasteiger partial charge in [-0.15, -0.1) is 0 Å². The Hall–Kier alpha value is -5.95. The molecular weight excluding hydrogens is 594 g/mol. The van der Waals surface area contributed by atoms with Gasteiger partial charge in [0.05, 0.1) is 24.2 Å². The average molecular weight is 632 g/mol. The summed E-state index contributed by atoms with van der Waals surface area (Å²) in [5.74, 6) is -2.21. The number of primary amides is 1. The normalized spacial score (nSPS) is 11.2.